The van der Waals surface area contributed by atoms with E-state index in [1.165, 1.54) is 6.92 Å². The fourth-order valence-corrected chi connectivity index (χ4v) is 1.56. The molecule has 1 amide bonds. The summed E-state index contributed by atoms with van der Waals surface area (Å²) in [6.45, 7) is 6.59. The van der Waals surface area contributed by atoms with Crippen LogP contribution in [-0.4, -0.2) is 40.3 Å². The second kappa shape index (κ2) is 7.51. The summed E-state index contributed by atoms with van der Waals surface area (Å²) in [6.07, 6.45) is -0.690. The predicted octanol–water partition coefficient (Wildman–Crippen LogP) is 2.75. The van der Waals surface area contributed by atoms with E-state index in [0.717, 1.165) is 10.5 Å². The number of rotatable bonds is 3. The molecule has 0 saturated heterocycles. The molecule has 1 atom stereocenters. The zero-order valence-electron chi connectivity index (χ0n) is 13.3. The minimum Gasteiger partial charge on any atom is -0.480 e. The second-order valence-electron chi connectivity index (χ2n) is 5.79. The van der Waals surface area contributed by atoms with E-state index in [1.54, 1.807) is 20.8 Å². The first-order valence-electron chi connectivity index (χ1n) is 6.97. The van der Waals surface area contributed by atoms with Gasteiger partial charge in [0.05, 0.1) is 6.54 Å². The van der Waals surface area contributed by atoms with E-state index in [4.69, 9.17) is 9.84 Å². The molecule has 0 saturated carbocycles. The van der Waals surface area contributed by atoms with E-state index in [9.17, 15) is 9.59 Å². The van der Waals surface area contributed by atoms with E-state index in [-0.39, 0.29) is 6.54 Å². The van der Waals surface area contributed by atoms with Crippen LogP contribution in [0.1, 0.15) is 33.3 Å². The van der Waals surface area contributed by atoms with Gasteiger partial charge < -0.3 is 9.84 Å². The van der Waals surface area contributed by atoms with Crippen molar-refractivity contribution in [3.05, 3.63) is 35.9 Å². The van der Waals surface area contributed by atoms with Crippen LogP contribution in [-0.2, 0) is 9.53 Å². The summed E-state index contributed by atoms with van der Waals surface area (Å²) in [5.41, 5.74) is 0.107. The Bertz CT molecular complexity index is 578. The van der Waals surface area contributed by atoms with Crippen LogP contribution in [0.3, 0.4) is 0 Å². The normalized spacial score (nSPS) is 11.8. The van der Waals surface area contributed by atoms with Gasteiger partial charge in [0.25, 0.3) is 0 Å². The quantitative estimate of drug-likeness (QED) is 0.872. The zero-order chi connectivity index (χ0) is 16.8. The largest absolute Gasteiger partial charge is 0.480 e. The molecular formula is C17H21NO4. The molecule has 0 heterocycles. The molecule has 0 fully saturated rings. The van der Waals surface area contributed by atoms with E-state index in [1.807, 2.05) is 30.3 Å². The summed E-state index contributed by atoms with van der Waals surface area (Å²) in [5, 5.41) is 9.12. The molecule has 0 aromatic heterocycles. The fraction of sp³-hybridized carbons (Fsp3) is 0.412. The Morgan fingerprint density at radius 1 is 1.27 bits per heavy atom. The van der Waals surface area contributed by atoms with E-state index in [2.05, 4.69) is 11.8 Å². The lowest BCUT2D eigenvalue weighted by Gasteiger charge is -2.28. The summed E-state index contributed by atoms with van der Waals surface area (Å²) < 4.78 is 5.23. The van der Waals surface area contributed by atoms with Crippen molar-refractivity contribution in [1.29, 1.82) is 0 Å². The average molecular weight is 303 g/mol. The van der Waals surface area contributed by atoms with Crippen LogP contribution in [0, 0.1) is 11.8 Å². The molecule has 0 unspecified atom stereocenters. The summed E-state index contributed by atoms with van der Waals surface area (Å²) in [5.74, 6) is 4.61. The highest BCUT2D eigenvalue weighted by atomic mass is 16.6. The third-order valence-corrected chi connectivity index (χ3v) is 2.71. The third kappa shape index (κ3) is 5.88. The molecule has 118 valence electrons. The number of benzene rings is 1. The van der Waals surface area contributed by atoms with Crippen molar-refractivity contribution in [2.75, 3.05) is 6.54 Å². The Hall–Kier alpha value is -2.48. The van der Waals surface area contributed by atoms with Crippen LogP contribution in [0.15, 0.2) is 30.3 Å². The fourth-order valence-electron chi connectivity index (χ4n) is 1.56. The van der Waals surface area contributed by atoms with Crippen LogP contribution in [0.2, 0.25) is 0 Å². The van der Waals surface area contributed by atoms with Crippen molar-refractivity contribution in [3.8, 4) is 11.8 Å². The topological polar surface area (TPSA) is 66.8 Å². The number of ether oxygens (including phenoxy) is 1. The van der Waals surface area contributed by atoms with Crippen LogP contribution < -0.4 is 0 Å². The Kier molecular flexibility index (Phi) is 6.00. The van der Waals surface area contributed by atoms with Gasteiger partial charge >= 0.3 is 12.1 Å². The molecule has 0 aliphatic heterocycles. The first-order valence-corrected chi connectivity index (χ1v) is 6.97. The molecule has 22 heavy (non-hydrogen) atoms. The van der Waals surface area contributed by atoms with Crippen molar-refractivity contribution in [2.24, 2.45) is 0 Å². The van der Waals surface area contributed by atoms with Crippen LogP contribution in [0.25, 0.3) is 0 Å². The number of nitrogens with zero attached hydrogens (tertiary/aromatic N) is 1. The number of carbonyl (C=O) groups is 2. The SMILES string of the molecule is C[C@@H](C(=O)O)N(CC#Cc1ccccc1)C(=O)OC(C)(C)C. The Morgan fingerprint density at radius 3 is 2.36 bits per heavy atom. The molecule has 1 aromatic carbocycles. The summed E-state index contributed by atoms with van der Waals surface area (Å²) in [7, 11) is 0. The maximum atomic E-state index is 12.1. The molecule has 1 N–H and O–H groups in total. The van der Waals surface area contributed by atoms with Crippen molar-refractivity contribution < 1.29 is 19.4 Å². The van der Waals surface area contributed by atoms with Gasteiger partial charge in [-0.3, -0.25) is 4.90 Å². The molecule has 0 radical (unpaired) electrons. The lowest BCUT2D eigenvalue weighted by molar-refractivity contribution is -0.142. The Balaban J connectivity index is 2.86. The van der Waals surface area contributed by atoms with Crippen LogP contribution in [0.4, 0.5) is 4.79 Å². The molecule has 0 aliphatic carbocycles. The number of aliphatic carboxylic acids is 1. The monoisotopic (exact) mass is 303 g/mol. The van der Waals surface area contributed by atoms with Crippen molar-refractivity contribution >= 4 is 12.1 Å². The Labute approximate surface area is 130 Å². The highest BCUT2D eigenvalue weighted by molar-refractivity contribution is 5.80. The molecule has 1 aromatic rings. The standard InChI is InChI=1S/C17H21NO4/c1-13(15(19)20)18(16(21)22-17(2,3)4)12-8-11-14-9-6-5-7-10-14/h5-7,9-10,13H,12H2,1-4H3,(H,19,20)/t13-/m0/s1. The summed E-state index contributed by atoms with van der Waals surface area (Å²) >= 11 is 0. The maximum absolute atomic E-state index is 12.1. The first-order chi connectivity index (χ1) is 10.2. The maximum Gasteiger partial charge on any atom is 0.411 e. The van der Waals surface area contributed by atoms with E-state index >= 15 is 0 Å². The lowest BCUT2D eigenvalue weighted by Crippen LogP contribution is -2.45. The molecule has 5 nitrogen and oxygen atoms in total. The smallest absolute Gasteiger partial charge is 0.411 e. The first kappa shape index (κ1) is 17.6. The van der Waals surface area contributed by atoms with E-state index < -0.39 is 23.7 Å². The third-order valence-electron chi connectivity index (χ3n) is 2.71. The van der Waals surface area contributed by atoms with Gasteiger partial charge in [-0.25, -0.2) is 9.59 Å². The molecule has 0 aliphatic rings. The molecule has 0 spiro atoms. The van der Waals surface area contributed by atoms with Crippen molar-refractivity contribution in [1.82, 2.24) is 4.90 Å². The summed E-state index contributed by atoms with van der Waals surface area (Å²) in [4.78, 5) is 24.4. The van der Waals surface area contributed by atoms with E-state index in [0.29, 0.717) is 0 Å². The van der Waals surface area contributed by atoms with Gasteiger partial charge in [-0.15, -0.1) is 0 Å². The van der Waals surface area contributed by atoms with Crippen molar-refractivity contribution in [3.63, 3.8) is 0 Å². The van der Waals surface area contributed by atoms with Crippen LogP contribution >= 0.6 is 0 Å². The van der Waals surface area contributed by atoms with Gasteiger partial charge in [-0.1, -0.05) is 30.0 Å². The number of carboxylic acid groups (broad SMARTS) is 1. The minimum absolute atomic E-state index is 0.0166. The number of hydrogen-bond donors (Lipinski definition) is 1. The van der Waals surface area contributed by atoms with Gasteiger partial charge in [0.2, 0.25) is 0 Å². The van der Waals surface area contributed by atoms with Gasteiger partial charge in [-0.2, -0.15) is 0 Å². The predicted molar refractivity (Wildman–Crippen MR) is 83.4 cm³/mol. The Morgan fingerprint density at radius 2 is 1.86 bits per heavy atom. The highest BCUT2D eigenvalue weighted by Crippen LogP contribution is 2.12. The minimum atomic E-state index is -1.10. The molecule has 5 heteroatoms. The summed E-state index contributed by atoms with van der Waals surface area (Å²) in [6, 6.07) is 8.26. The van der Waals surface area contributed by atoms with Crippen molar-refractivity contribution in [2.45, 2.75) is 39.3 Å². The van der Waals surface area contributed by atoms with Gasteiger partial charge in [0.1, 0.15) is 11.6 Å². The number of amides is 1. The van der Waals surface area contributed by atoms with Gasteiger partial charge in [0.15, 0.2) is 0 Å². The second-order valence-corrected chi connectivity index (χ2v) is 5.79. The highest BCUT2D eigenvalue weighted by Gasteiger charge is 2.29. The zero-order valence-corrected chi connectivity index (χ0v) is 13.3. The number of carbonyl (C=O) groups excluding carboxylic acids is 1. The average Bonchev–Trinajstić information content (AvgIpc) is 2.42. The number of carboxylic acids is 1. The van der Waals surface area contributed by atoms with Gasteiger partial charge in [-0.05, 0) is 39.8 Å². The lowest BCUT2D eigenvalue weighted by atomic mass is 10.2. The number of hydrogen-bond acceptors (Lipinski definition) is 3. The molecule has 1 rings (SSSR count). The molecular weight excluding hydrogens is 282 g/mol. The van der Waals surface area contributed by atoms with Gasteiger partial charge in [0, 0.05) is 5.56 Å². The van der Waals surface area contributed by atoms with Crippen LogP contribution in [0.5, 0.6) is 0 Å². The molecule has 0 bridgehead atoms.